The molecule has 0 aromatic heterocycles. The summed E-state index contributed by atoms with van der Waals surface area (Å²) < 4.78 is 11.7. The van der Waals surface area contributed by atoms with E-state index in [1.165, 1.54) is 0 Å². The van der Waals surface area contributed by atoms with Crippen LogP contribution in [0.1, 0.15) is 24.0 Å². The van der Waals surface area contributed by atoms with Crippen molar-refractivity contribution in [1.82, 2.24) is 0 Å². The molecule has 1 aliphatic rings. The lowest BCUT2D eigenvalue weighted by Gasteiger charge is -2.15. The zero-order valence-corrected chi connectivity index (χ0v) is 12.9. The van der Waals surface area contributed by atoms with Crippen LogP contribution in [0.2, 0.25) is 0 Å². The molecule has 1 fully saturated rings. The number of aryl methyl sites for hydroxylation is 1. The lowest BCUT2D eigenvalue weighted by molar-refractivity contribution is 0.146. The van der Waals surface area contributed by atoms with Crippen molar-refractivity contribution in [2.75, 3.05) is 13.2 Å². The van der Waals surface area contributed by atoms with E-state index >= 15 is 0 Å². The second-order valence-electron chi connectivity index (χ2n) is 6.20. The highest BCUT2D eigenvalue weighted by Crippen LogP contribution is 2.45. The zero-order valence-electron chi connectivity index (χ0n) is 12.9. The Balaban J connectivity index is 1.62. The van der Waals surface area contributed by atoms with Crippen molar-refractivity contribution in [2.45, 2.75) is 26.4 Å². The smallest absolute Gasteiger partial charge is 0.123 e. The molecule has 0 heterocycles. The topological polar surface area (TPSA) is 38.7 Å². The quantitative estimate of drug-likeness (QED) is 0.846. The first-order valence-corrected chi connectivity index (χ1v) is 7.71. The van der Waals surface area contributed by atoms with E-state index in [1.807, 2.05) is 55.5 Å². The predicted molar refractivity (Wildman–Crippen MR) is 86.2 cm³/mol. The fourth-order valence-electron chi connectivity index (χ4n) is 2.38. The Bertz CT molecular complexity index is 618. The number of aliphatic hydroxyl groups is 1. The summed E-state index contributed by atoms with van der Waals surface area (Å²) in [4.78, 5) is 0. The van der Waals surface area contributed by atoms with Gasteiger partial charge in [0.25, 0.3) is 0 Å². The van der Waals surface area contributed by atoms with Crippen LogP contribution in [-0.2, 0) is 6.61 Å². The summed E-state index contributed by atoms with van der Waals surface area (Å²) in [6, 6.07) is 16.0. The Morgan fingerprint density at radius 2 is 1.68 bits per heavy atom. The molecule has 1 aliphatic carbocycles. The average molecular weight is 298 g/mol. The molecule has 0 bridgehead atoms. The first-order chi connectivity index (χ1) is 10.7. The summed E-state index contributed by atoms with van der Waals surface area (Å²) in [5, 5.41) is 9.35. The Kier molecular flexibility index (Phi) is 4.34. The van der Waals surface area contributed by atoms with Gasteiger partial charge in [0.05, 0.1) is 13.2 Å². The highest BCUT2D eigenvalue weighted by molar-refractivity contribution is 5.38. The van der Waals surface area contributed by atoms with Crippen molar-refractivity contribution < 1.29 is 14.6 Å². The second-order valence-corrected chi connectivity index (χ2v) is 6.20. The van der Waals surface area contributed by atoms with Crippen LogP contribution in [0.5, 0.6) is 11.5 Å². The standard InChI is InChI=1S/C19H22O3/c1-15-9-17(21-12-16-5-3-2-4-6-16)11-18(10-15)22-14-19(13-20)7-8-19/h2-6,9-11,20H,7-8,12-14H2,1H3. The van der Waals surface area contributed by atoms with Gasteiger partial charge in [-0.05, 0) is 43.0 Å². The van der Waals surface area contributed by atoms with Crippen molar-refractivity contribution >= 4 is 0 Å². The van der Waals surface area contributed by atoms with Gasteiger partial charge in [0.1, 0.15) is 18.1 Å². The van der Waals surface area contributed by atoms with E-state index in [2.05, 4.69) is 0 Å². The molecule has 116 valence electrons. The first kappa shape index (κ1) is 14.9. The van der Waals surface area contributed by atoms with Crippen LogP contribution >= 0.6 is 0 Å². The number of rotatable bonds is 7. The van der Waals surface area contributed by atoms with Gasteiger partial charge in [-0.1, -0.05) is 30.3 Å². The van der Waals surface area contributed by atoms with Gasteiger partial charge < -0.3 is 14.6 Å². The van der Waals surface area contributed by atoms with E-state index in [-0.39, 0.29) is 12.0 Å². The molecule has 1 N–H and O–H groups in total. The number of benzene rings is 2. The third-order valence-corrected chi connectivity index (χ3v) is 4.11. The van der Waals surface area contributed by atoms with Crippen LogP contribution < -0.4 is 9.47 Å². The molecule has 2 aromatic carbocycles. The van der Waals surface area contributed by atoms with E-state index in [0.717, 1.165) is 35.5 Å². The molecule has 0 saturated heterocycles. The number of hydrogen-bond acceptors (Lipinski definition) is 3. The first-order valence-electron chi connectivity index (χ1n) is 7.71. The molecule has 3 nitrogen and oxygen atoms in total. The third-order valence-electron chi connectivity index (χ3n) is 4.11. The summed E-state index contributed by atoms with van der Waals surface area (Å²) in [6.45, 7) is 3.35. The van der Waals surface area contributed by atoms with Gasteiger partial charge >= 0.3 is 0 Å². The Morgan fingerprint density at radius 1 is 1.00 bits per heavy atom. The summed E-state index contributed by atoms with van der Waals surface area (Å²) in [5.41, 5.74) is 2.24. The molecule has 0 aliphatic heterocycles. The second kappa shape index (κ2) is 6.41. The monoisotopic (exact) mass is 298 g/mol. The summed E-state index contributed by atoms with van der Waals surface area (Å²) in [7, 11) is 0. The molecule has 0 spiro atoms. The maximum atomic E-state index is 9.35. The molecule has 3 rings (SSSR count). The van der Waals surface area contributed by atoms with Crippen LogP contribution in [0.15, 0.2) is 48.5 Å². The molecular weight excluding hydrogens is 276 g/mol. The minimum absolute atomic E-state index is 0.00515. The maximum Gasteiger partial charge on any atom is 0.123 e. The molecule has 0 unspecified atom stereocenters. The molecule has 0 atom stereocenters. The van der Waals surface area contributed by atoms with Crippen LogP contribution in [0.25, 0.3) is 0 Å². The van der Waals surface area contributed by atoms with Gasteiger partial charge in [-0.2, -0.15) is 0 Å². The van der Waals surface area contributed by atoms with Crippen LogP contribution in [-0.4, -0.2) is 18.3 Å². The Hall–Kier alpha value is -2.00. The minimum Gasteiger partial charge on any atom is -0.493 e. The zero-order chi connectivity index (χ0) is 15.4. The van der Waals surface area contributed by atoms with Gasteiger partial charge in [-0.25, -0.2) is 0 Å². The lowest BCUT2D eigenvalue weighted by Crippen LogP contribution is -2.17. The Morgan fingerprint density at radius 3 is 2.32 bits per heavy atom. The number of hydrogen-bond donors (Lipinski definition) is 1. The van der Waals surface area contributed by atoms with Crippen LogP contribution in [0.4, 0.5) is 0 Å². The van der Waals surface area contributed by atoms with Gasteiger partial charge in [-0.15, -0.1) is 0 Å². The summed E-state index contributed by atoms with van der Waals surface area (Å²) in [5.74, 6) is 1.62. The SMILES string of the molecule is Cc1cc(OCc2ccccc2)cc(OCC2(CO)CC2)c1. The van der Waals surface area contributed by atoms with E-state index in [1.54, 1.807) is 0 Å². The van der Waals surface area contributed by atoms with Crippen molar-refractivity contribution in [2.24, 2.45) is 5.41 Å². The highest BCUT2D eigenvalue weighted by atomic mass is 16.5. The van der Waals surface area contributed by atoms with Gasteiger partial charge in [0, 0.05) is 11.5 Å². The van der Waals surface area contributed by atoms with Crippen molar-refractivity contribution in [1.29, 1.82) is 0 Å². The highest BCUT2D eigenvalue weighted by Gasteiger charge is 2.42. The normalized spacial score (nSPS) is 15.4. The van der Waals surface area contributed by atoms with E-state index in [4.69, 9.17) is 9.47 Å². The average Bonchev–Trinajstić information content (AvgIpc) is 3.32. The lowest BCUT2D eigenvalue weighted by atomic mass is 10.1. The molecule has 1 saturated carbocycles. The minimum atomic E-state index is -0.00515. The van der Waals surface area contributed by atoms with E-state index < -0.39 is 0 Å². The molecule has 0 amide bonds. The summed E-state index contributed by atoms with van der Waals surface area (Å²) >= 11 is 0. The molecular formula is C19H22O3. The van der Waals surface area contributed by atoms with Crippen molar-refractivity contribution in [3.63, 3.8) is 0 Å². The van der Waals surface area contributed by atoms with Gasteiger partial charge in [0.2, 0.25) is 0 Å². The largest absolute Gasteiger partial charge is 0.493 e. The Labute approximate surface area is 131 Å². The molecule has 2 aromatic rings. The molecule has 0 radical (unpaired) electrons. The predicted octanol–water partition coefficient (Wildman–Crippen LogP) is 3.73. The molecule has 3 heteroatoms. The molecule has 22 heavy (non-hydrogen) atoms. The number of ether oxygens (including phenoxy) is 2. The van der Waals surface area contributed by atoms with Gasteiger partial charge in [-0.3, -0.25) is 0 Å². The van der Waals surface area contributed by atoms with Crippen LogP contribution in [0, 0.1) is 12.3 Å². The van der Waals surface area contributed by atoms with Crippen molar-refractivity contribution in [3.05, 3.63) is 59.7 Å². The maximum absolute atomic E-state index is 9.35. The summed E-state index contributed by atoms with van der Waals surface area (Å²) in [6.07, 6.45) is 2.10. The van der Waals surface area contributed by atoms with Gasteiger partial charge in [0.15, 0.2) is 0 Å². The van der Waals surface area contributed by atoms with Crippen molar-refractivity contribution in [3.8, 4) is 11.5 Å². The fourth-order valence-corrected chi connectivity index (χ4v) is 2.38. The fraction of sp³-hybridized carbons (Fsp3) is 0.368. The van der Waals surface area contributed by atoms with Crippen LogP contribution in [0.3, 0.4) is 0 Å². The number of aliphatic hydroxyl groups excluding tert-OH is 1. The van der Waals surface area contributed by atoms with E-state index in [9.17, 15) is 5.11 Å². The van der Waals surface area contributed by atoms with E-state index in [0.29, 0.717) is 13.2 Å². The third kappa shape index (κ3) is 3.80.